The summed E-state index contributed by atoms with van der Waals surface area (Å²) in [4.78, 5) is 13.8. The minimum atomic E-state index is -0.618. The first-order valence-electron chi connectivity index (χ1n) is 6.98. The topological polar surface area (TPSA) is 52.6 Å². The summed E-state index contributed by atoms with van der Waals surface area (Å²) < 4.78 is 0. The van der Waals surface area contributed by atoms with Gasteiger partial charge in [-0.2, -0.15) is 0 Å². The summed E-state index contributed by atoms with van der Waals surface area (Å²) in [5.41, 5.74) is 0.747. The van der Waals surface area contributed by atoms with Gasteiger partial charge in [-0.15, -0.1) is 0 Å². The molecule has 1 aromatic rings. The molecule has 0 aliphatic carbocycles. The van der Waals surface area contributed by atoms with Crippen molar-refractivity contribution in [3.8, 4) is 0 Å². The summed E-state index contributed by atoms with van der Waals surface area (Å²) in [6, 6.07) is 7.34. The Bertz CT molecular complexity index is 467. The molecule has 0 aromatic heterocycles. The van der Waals surface area contributed by atoms with Crippen molar-refractivity contribution < 1.29 is 9.90 Å². The number of hydrogen-bond acceptors (Lipinski definition) is 3. The molecule has 1 aliphatic heterocycles. The second-order valence-electron chi connectivity index (χ2n) is 5.25. The van der Waals surface area contributed by atoms with E-state index in [9.17, 15) is 9.90 Å². The molecule has 1 aromatic carbocycles. The maximum Gasteiger partial charge on any atom is 0.224 e. The Kier molecular flexibility index (Phi) is 5.40. The molecule has 1 heterocycles. The molecule has 2 N–H and O–H groups in total. The number of amides is 1. The second kappa shape index (κ2) is 7.07. The molecule has 1 saturated heterocycles. The maximum atomic E-state index is 11.7. The minimum absolute atomic E-state index is 0.0206. The zero-order valence-corrected chi connectivity index (χ0v) is 12.4. The van der Waals surface area contributed by atoms with E-state index in [1.807, 2.05) is 18.2 Å². The summed E-state index contributed by atoms with van der Waals surface area (Å²) in [7, 11) is 1.67. The lowest BCUT2D eigenvalue weighted by molar-refractivity contribution is -0.126. The van der Waals surface area contributed by atoms with E-state index in [1.165, 1.54) is 0 Å². The van der Waals surface area contributed by atoms with Crippen LogP contribution in [0.5, 0.6) is 0 Å². The van der Waals surface area contributed by atoms with E-state index in [2.05, 4.69) is 10.2 Å². The van der Waals surface area contributed by atoms with Crippen molar-refractivity contribution in [3.05, 3.63) is 34.9 Å². The first kappa shape index (κ1) is 15.3. The zero-order chi connectivity index (χ0) is 14.5. The van der Waals surface area contributed by atoms with Gasteiger partial charge in [0, 0.05) is 30.7 Å². The first-order chi connectivity index (χ1) is 9.61. The van der Waals surface area contributed by atoms with Gasteiger partial charge in [0.05, 0.1) is 12.0 Å². The molecule has 0 saturated carbocycles. The van der Waals surface area contributed by atoms with Gasteiger partial charge in [-0.25, -0.2) is 0 Å². The molecule has 4 nitrogen and oxygen atoms in total. The molecule has 2 unspecified atom stereocenters. The largest absolute Gasteiger partial charge is 0.387 e. The van der Waals surface area contributed by atoms with E-state index < -0.39 is 6.10 Å². The number of halogens is 1. The number of aliphatic hydroxyl groups is 1. The fraction of sp³-hybridized carbons (Fsp3) is 0.533. The number of rotatable bonds is 4. The van der Waals surface area contributed by atoms with Gasteiger partial charge in [0.15, 0.2) is 0 Å². The van der Waals surface area contributed by atoms with Crippen LogP contribution in [0, 0.1) is 5.92 Å². The molecule has 0 spiro atoms. The fourth-order valence-corrected chi connectivity index (χ4v) is 2.99. The number of carbonyl (C=O) groups excluding carboxylic acids is 1. The highest BCUT2D eigenvalue weighted by atomic mass is 35.5. The smallest absolute Gasteiger partial charge is 0.224 e. The van der Waals surface area contributed by atoms with Gasteiger partial charge >= 0.3 is 0 Å². The van der Waals surface area contributed by atoms with Gasteiger partial charge < -0.3 is 10.4 Å². The SMILES string of the molecule is CNC(=O)C1CCCN(CC(O)c2ccccc2Cl)C1. The molecule has 2 atom stereocenters. The number of carbonyl (C=O) groups is 1. The lowest BCUT2D eigenvalue weighted by Gasteiger charge is -2.33. The molecule has 110 valence electrons. The van der Waals surface area contributed by atoms with Crippen LogP contribution >= 0.6 is 11.6 Å². The van der Waals surface area contributed by atoms with Crippen molar-refractivity contribution in [2.45, 2.75) is 18.9 Å². The molecule has 0 radical (unpaired) electrons. The van der Waals surface area contributed by atoms with Crippen LogP contribution < -0.4 is 5.32 Å². The van der Waals surface area contributed by atoms with Crippen LogP contribution in [-0.4, -0.2) is 42.6 Å². The molecule has 5 heteroatoms. The average molecular weight is 297 g/mol. The van der Waals surface area contributed by atoms with Crippen molar-refractivity contribution in [2.24, 2.45) is 5.92 Å². The van der Waals surface area contributed by atoms with Crippen LogP contribution in [0.15, 0.2) is 24.3 Å². The summed E-state index contributed by atoms with van der Waals surface area (Å²) in [6.45, 7) is 2.12. The monoisotopic (exact) mass is 296 g/mol. The molecule has 1 fully saturated rings. The van der Waals surface area contributed by atoms with Crippen molar-refractivity contribution in [1.29, 1.82) is 0 Å². The first-order valence-corrected chi connectivity index (χ1v) is 7.36. The highest BCUT2D eigenvalue weighted by Crippen LogP contribution is 2.25. The van der Waals surface area contributed by atoms with Crippen molar-refractivity contribution >= 4 is 17.5 Å². The van der Waals surface area contributed by atoms with Gasteiger partial charge in [0.1, 0.15) is 0 Å². The number of nitrogens with one attached hydrogen (secondary N) is 1. The minimum Gasteiger partial charge on any atom is -0.387 e. The number of aliphatic hydroxyl groups excluding tert-OH is 1. The number of β-amino-alcohol motifs (C(OH)–C–C–N with tert-alkyl or cyclic N) is 1. The highest BCUT2D eigenvalue weighted by Gasteiger charge is 2.26. The summed E-state index contributed by atoms with van der Waals surface area (Å²) in [6.07, 6.45) is 1.28. The standard InChI is InChI=1S/C15H21ClN2O2/c1-17-15(20)11-5-4-8-18(9-11)10-14(19)12-6-2-3-7-13(12)16/h2-3,6-7,11,14,19H,4-5,8-10H2,1H3,(H,17,20). The van der Waals surface area contributed by atoms with Gasteiger partial charge in [-0.3, -0.25) is 9.69 Å². The molecule has 1 aliphatic rings. The van der Waals surface area contributed by atoms with Gasteiger partial charge in [0.2, 0.25) is 5.91 Å². The Hall–Kier alpha value is -1.10. The number of nitrogens with zero attached hydrogens (tertiary/aromatic N) is 1. The quantitative estimate of drug-likeness (QED) is 0.891. The van der Waals surface area contributed by atoms with E-state index >= 15 is 0 Å². The van der Waals surface area contributed by atoms with E-state index in [-0.39, 0.29) is 11.8 Å². The molecule has 0 bridgehead atoms. The summed E-state index contributed by atoms with van der Waals surface area (Å²) in [5.74, 6) is 0.106. The van der Waals surface area contributed by atoms with E-state index in [1.54, 1.807) is 13.1 Å². The number of hydrogen-bond donors (Lipinski definition) is 2. The lowest BCUT2D eigenvalue weighted by atomic mass is 9.96. The second-order valence-corrected chi connectivity index (χ2v) is 5.66. The molecular formula is C15H21ClN2O2. The summed E-state index contributed by atoms with van der Waals surface area (Å²) in [5, 5.41) is 13.6. The van der Waals surface area contributed by atoms with Crippen LogP contribution in [0.2, 0.25) is 5.02 Å². The number of piperidine rings is 1. The van der Waals surface area contributed by atoms with Crippen molar-refractivity contribution in [3.63, 3.8) is 0 Å². The third-order valence-corrected chi connectivity index (χ3v) is 4.16. The molecule has 1 amide bonds. The summed E-state index contributed by atoms with van der Waals surface area (Å²) >= 11 is 6.10. The number of likely N-dealkylation sites (tertiary alicyclic amines) is 1. The Morgan fingerprint density at radius 2 is 2.30 bits per heavy atom. The van der Waals surface area contributed by atoms with Crippen LogP contribution in [0.4, 0.5) is 0 Å². The Balaban J connectivity index is 1.96. The lowest BCUT2D eigenvalue weighted by Crippen LogP contribution is -2.43. The molecular weight excluding hydrogens is 276 g/mol. The van der Waals surface area contributed by atoms with E-state index in [0.717, 1.165) is 24.9 Å². The van der Waals surface area contributed by atoms with Crippen LogP contribution in [0.3, 0.4) is 0 Å². The van der Waals surface area contributed by atoms with Crippen LogP contribution in [-0.2, 0) is 4.79 Å². The zero-order valence-electron chi connectivity index (χ0n) is 11.7. The number of benzene rings is 1. The van der Waals surface area contributed by atoms with Crippen molar-refractivity contribution in [1.82, 2.24) is 10.2 Å². The fourth-order valence-electron chi connectivity index (χ4n) is 2.73. The highest BCUT2D eigenvalue weighted by molar-refractivity contribution is 6.31. The van der Waals surface area contributed by atoms with Gasteiger partial charge in [-0.1, -0.05) is 29.8 Å². The van der Waals surface area contributed by atoms with E-state index in [0.29, 0.717) is 18.1 Å². The average Bonchev–Trinajstić information content (AvgIpc) is 2.47. The van der Waals surface area contributed by atoms with Gasteiger partial charge in [-0.05, 0) is 25.5 Å². The predicted molar refractivity (Wildman–Crippen MR) is 79.6 cm³/mol. The Labute approximate surface area is 124 Å². The Morgan fingerprint density at radius 1 is 1.55 bits per heavy atom. The Morgan fingerprint density at radius 3 is 3.00 bits per heavy atom. The van der Waals surface area contributed by atoms with Crippen LogP contribution in [0.25, 0.3) is 0 Å². The van der Waals surface area contributed by atoms with Crippen LogP contribution in [0.1, 0.15) is 24.5 Å². The van der Waals surface area contributed by atoms with Crippen molar-refractivity contribution in [2.75, 3.05) is 26.7 Å². The third-order valence-electron chi connectivity index (χ3n) is 3.82. The van der Waals surface area contributed by atoms with E-state index in [4.69, 9.17) is 11.6 Å². The normalized spacial score (nSPS) is 21.4. The molecule has 20 heavy (non-hydrogen) atoms. The predicted octanol–water partition coefficient (Wildman–Crippen LogP) is 1.83. The third kappa shape index (κ3) is 3.72. The maximum absolute atomic E-state index is 11.7. The molecule has 2 rings (SSSR count). The van der Waals surface area contributed by atoms with Gasteiger partial charge in [0.25, 0.3) is 0 Å².